The van der Waals surface area contributed by atoms with E-state index in [2.05, 4.69) is 9.97 Å². The fourth-order valence-corrected chi connectivity index (χ4v) is 2.39. The molecule has 0 spiro atoms. The van der Waals surface area contributed by atoms with Crippen molar-refractivity contribution in [3.05, 3.63) is 47.8 Å². The Balaban J connectivity index is 2.33. The predicted molar refractivity (Wildman–Crippen MR) is 67.3 cm³/mol. The van der Waals surface area contributed by atoms with E-state index in [0.717, 1.165) is 10.6 Å². The van der Waals surface area contributed by atoms with Gasteiger partial charge < -0.3 is 0 Å². The van der Waals surface area contributed by atoms with Gasteiger partial charge in [-0.25, -0.2) is 9.97 Å². The Morgan fingerprint density at radius 2 is 2.00 bits per heavy atom. The first-order chi connectivity index (χ1) is 8.16. The van der Waals surface area contributed by atoms with Gasteiger partial charge in [0.05, 0.1) is 0 Å². The first-order valence-corrected chi connectivity index (χ1v) is 6.06. The van der Waals surface area contributed by atoms with Crippen molar-refractivity contribution in [3.8, 4) is 0 Å². The molecule has 0 aliphatic heterocycles. The van der Waals surface area contributed by atoms with Crippen LogP contribution in [0.3, 0.4) is 0 Å². The number of Topliss-reactive ketones (excluding diaryl/α,β-unsaturated/α-hetero) is 1. The fraction of sp³-hybridized carbons (Fsp3) is 0.154. The van der Waals surface area contributed by atoms with E-state index in [1.165, 1.54) is 11.8 Å². The minimum absolute atomic E-state index is 0.0563. The zero-order valence-corrected chi connectivity index (χ0v) is 10.5. The number of carbonyl (C=O) groups excluding carboxylic acids is 1. The molecule has 3 nitrogen and oxygen atoms in total. The van der Waals surface area contributed by atoms with Crippen molar-refractivity contribution < 1.29 is 4.79 Å². The van der Waals surface area contributed by atoms with Crippen LogP contribution in [0.1, 0.15) is 23.0 Å². The highest BCUT2D eigenvalue weighted by atomic mass is 32.2. The number of carbonyl (C=O) groups is 1. The maximum Gasteiger partial charge on any atom is 0.192 e. The Kier molecular flexibility index (Phi) is 3.54. The van der Waals surface area contributed by atoms with E-state index in [1.807, 2.05) is 37.3 Å². The number of hydrogen-bond acceptors (Lipinski definition) is 4. The van der Waals surface area contributed by atoms with Crippen molar-refractivity contribution in [2.75, 3.05) is 0 Å². The molecule has 0 aliphatic carbocycles. The molecule has 0 atom stereocenters. The van der Waals surface area contributed by atoms with E-state index in [1.54, 1.807) is 13.1 Å². The normalized spacial score (nSPS) is 10.2. The van der Waals surface area contributed by atoms with E-state index in [9.17, 15) is 4.79 Å². The minimum atomic E-state index is 0.0563. The molecule has 86 valence electrons. The second-order valence-corrected chi connectivity index (χ2v) is 4.64. The Bertz CT molecular complexity index is 555. The number of hydrogen-bond donors (Lipinski definition) is 0. The molecule has 0 aliphatic rings. The second kappa shape index (κ2) is 5.10. The summed E-state index contributed by atoms with van der Waals surface area (Å²) in [5.41, 5.74) is 1.63. The van der Waals surface area contributed by atoms with E-state index in [4.69, 9.17) is 0 Å². The van der Waals surface area contributed by atoms with Gasteiger partial charge in [0.1, 0.15) is 0 Å². The third kappa shape index (κ3) is 2.91. The van der Waals surface area contributed by atoms with Gasteiger partial charge in [0.15, 0.2) is 10.9 Å². The zero-order valence-electron chi connectivity index (χ0n) is 9.68. The van der Waals surface area contributed by atoms with Gasteiger partial charge in [-0.15, -0.1) is 0 Å². The summed E-state index contributed by atoms with van der Waals surface area (Å²) < 4.78 is 0. The summed E-state index contributed by atoms with van der Waals surface area (Å²) in [6, 6.07) is 9.34. The number of benzene rings is 1. The first kappa shape index (κ1) is 11.8. The number of nitrogens with zero attached hydrogens (tertiary/aromatic N) is 2. The largest absolute Gasteiger partial charge is 0.294 e. The number of rotatable bonds is 3. The first-order valence-electron chi connectivity index (χ1n) is 5.24. The van der Waals surface area contributed by atoms with Crippen LogP contribution in [0.4, 0.5) is 0 Å². The maximum atomic E-state index is 11.5. The van der Waals surface area contributed by atoms with Crippen molar-refractivity contribution in [1.82, 2.24) is 9.97 Å². The lowest BCUT2D eigenvalue weighted by Crippen LogP contribution is -1.95. The van der Waals surface area contributed by atoms with Gasteiger partial charge in [0.2, 0.25) is 0 Å². The number of ketones is 1. The molecule has 0 N–H and O–H groups in total. The second-order valence-electron chi connectivity index (χ2n) is 3.64. The smallest absolute Gasteiger partial charge is 0.192 e. The molecule has 1 aromatic heterocycles. The standard InChI is InChI=1S/C13H12N2OS/c1-9-7-8-14-13(15-9)17-12-6-4-3-5-11(12)10(2)16/h3-8H,1-2H3. The Morgan fingerprint density at radius 1 is 1.24 bits per heavy atom. The van der Waals surface area contributed by atoms with Crippen molar-refractivity contribution in [2.24, 2.45) is 0 Å². The molecule has 2 aromatic rings. The van der Waals surface area contributed by atoms with E-state index >= 15 is 0 Å². The summed E-state index contributed by atoms with van der Waals surface area (Å²) in [6.45, 7) is 3.49. The average Bonchev–Trinajstić information content (AvgIpc) is 2.29. The molecule has 0 saturated heterocycles. The van der Waals surface area contributed by atoms with Crippen LogP contribution in [0.25, 0.3) is 0 Å². The topological polar surface area (TPSA) is 42.9 Å². The average molecular weight is 244 g/mol. The van der Waals surface area contributed by atoms with Gasteiger partial charge in [0, 0.05) is 22.3 Å². The van der Waals surface area contributed by atoms with Crippen molar-refractivity contribution in [1.29, 1.82) is 0 Å². The summed E-state index contributed by atoms with van der Waals surface area (Å²) in [6.07, 6.45) is 1.72. The SMILES string of the molecule is CC(=O)c1ccccc1Sc1nccc(C)n1. The van der Waals surface area contributed by atoms with Crippen LogP contribution in [0, 0.1) is 6.92 Å². The van der Waals surface area contributed by atoms with Gasteiger partial charge in [-0.2, -0.15) is 0 Å². The van der Waals surface area contributed by atoms with E-state index < -0.39 is 0 Å². The monoisotopic (exact) mass is 244 g/mol. The summed E-state index contributed by atoms with van der Waals surface area (Å²) in [5, 5.41) is 0.665. The zero-order chi connectivity index (χ0) is 12.3. The highest BCUT2D eigenvalue weighted by Crippen LogP contribution is 2.27. The molecular formula is C13H12N2OS. The van der Waals surface area contributed by atoms with E-state index in [0.29, 0.717) is 10.7 Å². The highest BCUT2D eigenvalue weighted by Gasteiger charge is 2.09. The third-order valence-corrected chi connectivity index (χ3v) is 3.20. The lowest BCUT2D eigenvalue weighted by atomic mass is 10.1. The molecule has 0 radical (unpaired) electrons. The minimum Gasteiger partial charge on any atom is -0.294 e. The van der Waals surface area contributed by atoms with Gasteiger partial charge in [-0.3, -0.25) is 4.79 Å². The maximum absolute atomic E-state index is 11.5. The summed E-state index contributed by atoms with van der Waals surface area (Å²) in [5.74, 6) is 0.0563. The van der Waals surface area contributed by atoms with E-state index in [-0.39, 0.29) is 5.78 Å². The van der Waals surface area contributed by atoms with Crippen LogP contribution in [0.15, 0.2) is 46.6 Å². The molecular weight excluding hydrogens is 232 g/mol. The van der Waals surface area contributed by atoms with Gasteiger partial charge in [-0.1, -0.05) is 18.2 Å². The third-order valence-electron chi connectivity index (χ3n) is 2.24. The van der Waals surface area contributed by atoms with Gasteiger partial charge >= 0.3 is 0 Å². The fourth-order valence-electron chi connectivity index (χ4n) is 1.42. The molecule has 0 bridgehead atoms. The quantitative estimate of drug-likeness (QED) is 0.614. The molecule has 0 saturated carbocycles. The Hall–Kier alpha value is -1.68. The molecule has 0 fully saturated rings. The lowest BCUT2D eigenvalue weighted by molar-refractivity contribution is 0.101. The number of aromatic nitrogens is 2. The van der Waals surface area contributed by atoms with Crippen LogP contribution >= 0.6 is 11.8 Å². The molecule has 2 rings (SSSR count). The molecule has 17 heavy (non-hydrogen) atoms. The van der Waals surface area contributed by atoms with Crippen LogP contribution in [0.5, 0.6) is 0 Å². The Labute approximate surface area is 104 Å². The van der Waals surface area contributed by atoms with Crippen molar-refractivity contribution >= 4 is 17.5 Å². The van der Waals surface area contributed by atoms with Crippen LogP contribution in [0.2, 0.25) is 0 Å². The van der Waals surface area contributed by atoms with Crippen molar-refractivity contribution in [2.45, 2.75) is 23.9 Å². The molecule has 4 heteroatoms. The van der Waals surface area contributed by atoms with Gasteiger partial charge in [-0.05, 0) is 37.7 Å². The van der Waals surface area contributed by atoms with Crippen LogP contribution in [-0.2, 0) is 0 Å². The number of aryl methyl sites for hydroxylation is 1. The molecule has 1 aromatic carbocycles. The summed E-state index contributed by atoms with van der Waals surface area (Å²) in [7, 11) is 0. The van der Waals surface area contributed by atoms with Crippen molar-refractivity contribution in [3.63, 3.8) is 0 Å². The summed E-state index contributed by atoms with van der Waals surface area (Å²) >= 11 is 1.41. The summed E-state index contributed by atoms with van der Waals surface area (Å²) in [4.78, 5) is 20.8. The van der Waals surface area contributed by atoms with Crippen LogP contribution < -0.4 is 0 Å². The molecule has 0 unspecified atom stereocenters. The van der Waals surface area contributed by atoms with Crippen LogP contribution in [-0.4, -0.2) is 15.8 Å². The lowest BCUT2D eigenvalue weighted by Gasteiger charge is -2.05. The molecule has 0 amide bonds. The highest BCUT2D eigenvalue weighted by molar-refractivity contribution is 7.99. The predicted octanol–water partition coefficient (Wildman–Crippen LogP) is 3.14. The van der Waals surface area contributed by atoms with Gasteiger partial charge in [0.25, 0.3) is 0 Å². The Morgan fingerprint density at radius 3 is 2.71 bits per heavy atom. The molecule has 1 heterocycles.